The number of nitrogens with two attached hydrogens (primary N) is 4. The molecular weight excluding hydrogens is 829 g/mol. The van der Waals surface area contributed by atoms with E-state index in [4.69, 9.17) is 22.9 Å². The maximum atomic E-state index is 14.0. The number of aliphatic imine (C=N–C) groups is 1. The van der Waals surface area contributed by atoms with Gasteiger partial charge in [-0.05, 0) is 57.8 Å². The fourth-order valence-corrected chi connectivity index (χ4v) is 5.79. The van der Waals surface area contributed by atoms with Crippen LogP contribution in [0.15, 0.2) is 17.5 Å². The lowest BCUT2D eigenvalue weighted by atomic mass is 10.0. The number of rotatable bonds is 29. The number of carboxylic acid groups (broad SMARTS) is 1. The molecule has 8 amide bonds. The number of aliphatic hydroxyl groups is 1. The summed E-state index contributed by atoms with van der Waals surface area (Å²) in [6.07, 6.45) is 2.41. The number of nitrogens with zero attached hydrogens (tertiary/aromatic N) is 2. The van der Waals surface area contributed by atoms with E-state index in [1.807, 2.05) is 0 Å². The predicted molar refractivity (Wildman–Crippen MR) is 227 cm³/mol. The Kier molecular flexibility index (Phi) is 23.9. The number of hydrogen-bond acceptors (Lipinski definition) is 13. The zero-order chi connectivity index (χ0) is 48.0. The third kappa shape index (κ3) is 21.3. The summed E-state index contributed by atoms with van der Waals surface area (Å²) in [5, 5.41) is 36.1. The lowest BCUT2D eigenvalue weighted by Crippen LogP contribution is -2.60. The molecule has 0 saturated carbocycles. The van der Waals surface area contributed by atoms with Crippen molar-refractivity contribution in [3.8, 4) is 0 Å². The molecule has 0 saturated heterocycles. The van der Waals surface area contributed by atoms with E-state index in [9.17, 15) is 53.4 Å². The summed E-state index contributed by atoms with van der Waals surface area (Å²) in [7, 11) is 0. The highest BCUT2D eigenvalue weighted by Gasteiger charge is 2.34. The minimum Gasteiger partial charge on any atom is -0.480 e. The number of amides is 8. The number of imidazole rings is 1. The van der Waals surface area contributed by atoms with Gasteiger partial charge in [-0.25, -0.2) is 4.98 Å². The van der Waals surface area contributed by atoms with Crippen molar-refractivity contribution >= 4 is 59.2 Å². The topological polar surface area (TPSA) is 423 Å². The van der Waals surface area contributed by atoms with Gasteiger partial charge in [0.25, 0.3) is 0 Å². The van der Waals surface area contributed by atoms with E-state index >= 15 is 0 Å². The van der Waals surface area contributed by atoms with Crippen molar-refractivity contribution in [3.05, 3.63) is 18.2 Å². The minimum absolute atomic E-state index is 0.00136. The molecule has 1 heterocycles. The van der Waals surface area contributed by atoms with Crippen molar-refractivity contribution in [1.82, 2.24) is 47.2 Å². The van der Waals surface area contributed by atoms with Gasteiger partial charge in [0.05, 0.1) is 12.9 Å². The number of H-pyrrole nitrogens is 1. The van der Waals surface area contributed by atoms with Crippen molar-refractivity contribution in [1.29, 1.82) is 0 Å². The Morgan fingerprint density at radius 3 is 1.60 bits per heavy atom. The molecule has 0 aliphatic rings. The number of carbonyl (C=O) groups excluding carboxylic acids is 8. The molecular formula is C38H66N14O11. The third-order valence-electron chi connectivity index (χ3n) is 9.20. The van der Waals surface area contributed by atoms with Crippen LogP contribution in [0.25, 0.3) is 0 Å². The van der Waals surface area contributed by atoms with E-state index in [0.29, 0.717) is 5.69 Å². The van der Waals surface area contributed by atoms with Crippen molar-refractivity contribution in [2.45, 2.75) is 135 Å². The number of carboxylic acids is 1. The quantitative estimate of drug-likeness (QED) is 0.0204. The highest BCUT2D eigenvalue weighted by molar-refractivity contribution is 5.97. The fourth-order valence-electron chi connectivity index (χ4n) is 5.79. The number of carbonyl (C=O) groups is 9. The van der Waals surface area contributed by atoms with Crippen LogP contribution in [0.3, 0.4) is 0 Å². The van der Waals surface area contributed by atoms with Crippen LogP contribution in [-0.2, 0) is 49.6 Å². The van der Waals surface area contributed by atoms with Gasteiger partial charge in [0, 0.05) is 31.3 Å². The first-order chi connectivity index (χ1) is 29.4. The zero-order valence-electron chi connectivity index (χ0n) is 36.6. The molecule has 25 heteroatoms. The first kappa shape index (κ1) is 54.6. The number of aromatic amines is 1. The second-order valence-electron chi connectivity index (χ2n) is 15.9. The van der Waals surface area contributed by atoms with Crippen LogP contribution >= 0.6 is 0 Å². The Hall–Kier alpha value is -6.37. The van der Waals surface area contributed by atoms with Crippen molar-refractivity contribution in [2.24, 2.45) is 39.8 Å². The summed E-state index contributed by atoms with van der Waals surface area (Å²) in [6, 6.07) is -10.5. The lowest BCUT2D eigenvalue weighted by molar-refractivity contribution is -0.142. The fraction of sp³-hybridized carbons (Fsp3) is 0.658. The Labute approximate surface area is 365 Å². The largest absolute Gasteiger partial charge is 0.480 e. The number of hydrogen-bond donors (Lipinski definition) is 14. The normalized spacial score (nSPS) is 14.9. The van der Waals surface area contributed by atoms with Crippen molar-refractivity contribution in [3.63, 3.8) is 0 Å². The van der Waals surface area contributed by atoms with Crippen molar-refractivity contribution in [2.75, 3.05) is 13.2 Å². The van der Waals surface area contributed by atoms with Crippen LogP contribution < -0.4 is 60.2 Å². The van der Waals surface area contributed by atoms with Gasteiger partial charge < -0.3 is 75.3 Å². The second kappa shape index (κ2) is 27.5. The van der Waals surface area contributed by atoms with Gasteiger partial charge in [-0.3, -0.25) is 48.1 Å². The molecule has 0 spiro atoms. The predicted octanol–water partition coefficient (Wildman–Crippen LogP) is -4.80. The van der Waals surface area contributed by atoms with Gasteiger partial charge in [-0.15, -0.1) is 0 Å². The maximum absolute atomic E-state index is 14.0. The van der Waals surface area contributed by atoms with Crippen LogP contribution in [0.4, 0.5) is 0 Å². The SMILES string of the molecule is CC(C)C[C@H](NC(=O)[C@H](CCC(N)=O)NC(=O)[C@@H](N)CO)C(=O)N[C@@H](C)C(=O)N[C@@H](Cc1cnc[nH]1)C(=O)N[C@@H](CC(C)C)C(=O)N[C@@H](CCCN=C(N)N)C(=O)N[C@@H](C)C(=O)O. The molecule has 0 aliphatic heterocycles. The molecule has 0 bridgehead atoms. The molecule has 1 aromatic rings. The summed E-state index contributed by atoms with van der Waals surface area (Å²) < 4.78 is 0. The number of aliphatic hydroxyl groups excluding tert-OH is 1. The summed E-state index contributed by atoms with van der Waals surface area (Å²) >= 11 is 0. The van der Waals surface area contributed by atoms with Gasteiger partial charge in [0.1, 0.15) is 48.3 Å². The van der Waals surface area contributed by atoms with Gasteiger partial charge in [0.15, 0.2) is 5.96 Å². The summed E-state index contributed by atoms with van der Waals surface area (Å²) in [4.78, 5) is 127. The van der Waals surface area contributed by atoms with Gasteiger partial charge in [0.2, 0.25) is 47.3 Å². The molecule has 354 valence electrons. The number of aromatic nitrogens is 2. The van der Waals surface area contributed by atoms with E-state index in [2.05, 4.69) is 52.2 Å². The van der Waals surface area contributed by atoms with E-state index in [0.717, 1.165) is 0 Å². The smallest absolute Gasteiger partial charge is 0.325 e. The standard InChI is InChI=1S/C38H66N14O11/c1-18(2)12-26(51-33(58)25(9-10-29(40)54)48-31(56)23(39)16-53)34(59)46-20(5)30(55)50-28(14-22-15-43-17-45-22)36(61)52-27(13-19(3)4)35(60)49-24(8-7-11-44-38(41)42)32(57)47-21(6)37(62)63/h15,17-21,23-28,53H,7-14,16,39H2,1-6H3,(H2,40,54)(H,43,45)(H,46,59)(H,47,57)(H,48,56)(H,49,60)(H,50,55)(H,51,58)(H,52,61)(H,62,63)(H4,41,42,44)/t20-,21-,23-,24-,25-,26-,27-,28-/m0/s1. The van der Waals surface area contributed by atoms with Gasteiger partial charge >= 0.3 is 5.97 Å². The summed E-state index contributed by atoms with van der Waals surface area (Å²) in [5.74, 6) is -8.40. The van der Waals surface area contributed by atoms with E-state index in [-0.39, 0.29) is 69.3 Å². The van der Waals surface area contributed by atoms with Crippen molar-refractivity contribution < 1.29 is 53.4 Å². The molecule has 0 radical (unpaired) electrons. The van der Waals surface area contributed by atoms with E-state index in [1.54, 1.807) is 27.7 Å². The molecule has 18 N–H and O–H groups in total. The molecule has 63 heavy (non-hydrogen) atoms. The van der Waals surface area contributed by atoms with Gasteiger partial charge in [-0.1, -0.05) is 27.7 Å². The highest BCUT2D eigenvalue weighted by atomic mass is 16.4. The summed E-state index contributed by atoms with van der Waals surface area (Å²) in [6.45, 7) is 9.06. The number of nitrogens with one attached hydrogen (secondary N) is 8. The van der Waals surface area contributed by atoms with Crippen LogP contribution in [0, 0.1) is 11.8 Å². The molecule has 0 aromatic carbocycles. The Morgan fingerprint density at radius 1 is 0.651 bits per heavy atom. The Bertz CT molecular complexity index is 1740. The highest BCUT2D eigenvalue weighted by Crippen LogP contribution is 2.11. The maximum Gasteiger partial charge on any atom is 0.325 e. The Morgan fingerprint density at radius 2 is 1.11 bits per heavy atom. The summed E-state index contributed by atoms with van der Waals surface area (Å²) in [5.41, 5.74) is 22.0. The molecule has 25 nitrogen and oxygen atoms in total. The molecule has 1 aromatic heterocycles. The second-order valence-corrected chi connectivity index (χ2v) is 15.9. The molecule has 0 fully saturated rings. The van der Waals surface area contributed by atoms with E-state index in [1.165, 1.54) is 26.4 Å². The van der Waals surface area contributed by atoms with Crippen LogP contribution in [-0.4, -0.2) is 141 Å². The van der Waals surface area contributed by atoms with Gasteiger partial charge in [-0.2, -0.15) is 0 Å². The van der Waals surface area contributed by atoms with Crippen LogP contribution in [0.1, 0.15) is 85.8 Å². The molecule has 1 rings (SSSR count). The third-order valence-corrected chi connectivity index (χ3v) is 9.20. The molecule has 0 unspecified atom stereocenters. The molecule has 0 aliphatic carbocycles. The molecule has 8 atom stereocenters. The number of primary amides is 1. The number of aliphatic carboxylic acids is 1. The average molecular weight is 895 g/mol. The average Bonchev–Trinajstić information content (AvgIpc) is 3.71. The lowest BCUT2D eigenvalue weighted by Gasteiger charge is -2.27. The minimum atomic E-state index is -1.37. The number of guanidine groups is 1. The zero-order valence-corrected chi connectivity index (χ0v) is 36.6. The van der Waals surface area contributed by atoms with Crippen LogP contribution in [0.5, 0.6) is 0 Å². The monoisotopic (exact) mass is 895 g/mol. The van der Waals surface area contributed by atoms with Crippen LogP contribution in [0.2, 0.25) is 0 Å². The first-order valence-corrected chi connectivity index (χ1v) is 20.5. The van der Waals surface area contributed by atoms with E-state index < -0.39 is 108 Å². The first-order valence-electron chi connectivity index (χ1n) is 20.5. The Balaban J connectivity index is 3.31.